The Bertz CT molecular complexity index is 939. The summed E-state index contributed by atoms with van der Waals surface area (Å²) in [6.07, 6.45) is 2.85. The molecule has 150 valence electrons. The van der Waals surface area contributed by atoms with E-state index in [-0.39, 0.29) is 5.91 Å². The van der Waals surface area contributed by atoms with Crippen LogP contribution in [0.25, 0.3) is 11.5 Å². The third kappa shape index (κ3) is 5.29. The molecule has 0 fully saturated rings. The SMILES string of the molecule is O=C(CCCc1nnc(-c2ccccc2)o1)NCCN1CCc2ccccc2C1. The number of nitrogens with one attached hydrogen (secondary N) is 1. The summed E-state index contributed by atoms with van der Waals surface area (Å²) >= 11 is 0. The summed E-state index contributed by atoms with van der Waals surface area (Å²) in [5, 5.41) is 11.2. The van der Waals surface area contributed by atoms with Gasteiger partial charge in [0.05, 0.1) is 0 Å². The van der Waals surface area contributed by atoms with Crippen LogP contribution in [0, 0.1) is 0 Å². The van der Waals surface area contributed by atoms with Gasteiger partial charge in [0, 0.05) is 44.6 Å². The highest BCUT2D eigenvalue weighted by molar-refractivity contribution is 5.75. The molecule has 0 saturated carbocycles. The number of aryl methyl sites for hydroxylation is 1. The van der Waals surface area contributed by atoms with E-state index in [4.69, 9.17) is 4.42 Å². The van der Waals surface area contributed by atoms with Crippen LogP contribution in [0.3, 0.4) is 0 Å². The Morgan fingerprint density at radius 1 is 1.03 bits per heavy atom. The largest absolute Gasteiger partial charge is 0.421 e. The van der Waals surface area contributed by atoms with Crippen molar-refractivity contribution >= 4 is 5.91 Å². The number of hydrogen-bond donors (Lipinski definition) is 1. The van der Waals surface area contributed by atoms with E-state index in [9.17, 15) is 4.79 Å². The smallest absolute Gasteiger partial charge is 0.247 e. The monoisotopic (exact) mass is 390 g/mol. The molecule has 0 aliphatic carbocycles. The topological polar surface area (TPSA) is 71.3 Å². The number of nitrogens with zero attached hydrogens (tertiary/aromatic N) is 3. The van der Waals surface area contributed by atoms with Gasteiger partial charge >= 0.3 is 0 Å². The molecule has 1 N–H and O–H groups in total. The van der Waals surface area contributed by atoms with Crippen molar-refractivity contribution in [2.75, 3.05) is 19.6 Å². The summed E-state index contributed by atoms with van der Waals surface area (Å²) < 4.78 is 5.68. The minimum absolute atomic E-state index is 0.0743. The fourth-order valence-electron chi connectivity index (χ4n) is 3.64. The van der Waals surface area contributed by atoms with Crippen LogP contribution in [0.5, 0.6) is 0 Å². The van der Waals surface area contributed by atoms with Crippen LogP contribution in [-0.4, -0.2) is 40.6 Å². The van der Waals surface area contributed by atoms with Crippen molar-refractivity contribution in [3.05, 3.63) is 71.6 Å². The van der Waals surface area contributed by atoms with E-state index in [1.165, 1.54) is 11.1 Å². The highest BCUT2D eigenvalue weighted by Crippen LogP contribution is 2.18. The zero-order valence-electron chi connectivity index (χ0n) is 16.5. The van der Waals surface area contributed by atoms with E-state index < -0.39 is 0 Å². The Hall–Kier alpha value is -2.99. The van der Waals surface area contributed by atoms with Crippen LogP contribution < -0.4 is 5.32 Å². The van der Waals surface area contributed by atoms with Crippen LogP contribution in [0.1, 0.15) is 29.9 Å². The summed E-state index contributed by atoms with van der Waals surface area (Å²) in [4.78, 5) is 14.5. The molecule has 0 atom stereocenters. The van der Waals surface area contributed by atoms with Crippen molar-refractivity contribution in [3.8, 4) is 11.5 Å². The molecule has 2 aromatic carbocycles. The molecule has 0 saturated heterocycles. The first-order valence-electron chi connectivity index (χ1n) is 10.2. The molecule has 1 aromatic heterocycles. The minimum Gasteiger partial charge on any atom is -0.421 e. The van der Waals surface area contributed by atoms with Gasteiger partial charge in [0.15, 0.2) is 0 Å². The van der Waals surface area contributed by atoms with E-state index in [0.29, 0.717) is 37.6 Å². The number of aromatic nitrogens is 2. The zero-order chi connectivity index (χ0) is 19.9. The van der Waals surface area contributed by atoms with Gasteiger partial charge in [-0.1, -0.05) is 42.5 Å². The summed E-state index contributed by atoms with van der Waals surface area (Å²) in [5.74, 6) is 1.17. The number of hydrogen-bond acceptors (Lipinski definition) is 5. The van der Waals surface area contributed by atoms with Crippen LogP contribution in [-0.2, 0) is 24.2 Å². The number of rotatable bonds is 8. The van der Waals surface area contributed by atoms with Crippen molar-refractivity contribution in [1.82, 2.24) is 20.4 Å². The van der Waals surface area contributed by atoms with Gasteiger partial charge < -0.3 is 9.73 Å². The van der Waals surface area contributed by atoms with Crippen molar-refractivity contribution in [2.45, 2.75) is 32.2 Å². The highest BCUT2D eigenvalue weighted by Gasteiger charge is 2.15. The molecule has 6 nitrogen and oxygen atoms in total. The first-order valence-corrected chi connectivity index (χ1v) is 10.2. The molecule has 0 unspecified atom stereocenters. The molecule has 3 aromatic rings. The standard InChI is InChI=1S/C23H26N4O2/c28-21(24-14-16-27-15-13-18-7-4-5-10-20(18)17-27)11-6-12-22-25-26-23(29-22)19-8-2-1-3-9-19/h1-5,7-10H,6,11-17H2,(H,24,28). The molecule has 2 heterocycles. The lowest BCUT2D eigenvalue weighted by molar-refractivity contribution is -0.121. The summed E-state index contributed by atoms with van der Waals surface area (Å²) in [6.45, 7) is 3.57. The van der Waals surface area contributed by atoms with Gasteiger partial charge in [-0.3, -0.25) is 9.69 Å². The van der Waals surface area contributed by atoms with Crippen LogP contribution in [0.15, 0.2) is 59.0 Å². The van der Waals surface area contributed by atoms with Gasteiger partial charge in [-0.15, -0.1) is 10.2 Å². The predicted octanol–water partition coefficient (Wildman–Crippen LogP) is 3.23. The third-order valence-electron chi connectivity index (χ3n) is 5.24. The molecule has 29 heavy (non-hydrogen) atoms. The fraction of sp³-hybridized carbons (Fsp3) is 0.348. The molecule has 0 spiro atoms. The van der Waals surface area contributed by atoms with Crippen molar-refractivity contribution in [3.63, 3.8) is 0 Å². The summed E-state index contributed by atoms with van der Waals surface area (Å²) in [7, 11) is 0. The predicted molar refractivity (Wildman–Crippen MR) is 111 cm³/mol. The molecular formula is C23H26N4O2. The molecule has 1 aliphatic heterocycles. The zero-order valence-corrected chi connectivity index (χ0v) is 16.5. The van der Waals surface area contributed by atoms with E-state index >= 15 is 0 Å². The first kappa shape index (κ1) is 19.3. The maximum absolute atomic E-state index is 12.1. The Kier molecular flexibility index (Phi) is 6.32. The van der Waals surface area contributed by atoms with E-state index in [2.05, 4.69) is 44.7 Å². The maximum Gasteiger partial charge on any atom is 0.247 e. The second-order valence-electron chi connectivity index (χ2n) is 7.37. The van der Waals surface area contributed by atoms with E-state index in [0.717, 1.165) is 31.6 Å². The summed E-state index contributed by atoms with van der Waals surface area (Å²) in [5.41, 5.74) is 3.76. The number of benzene rings is 2. The molecule has 4 rings (SSSR count). The average Bonchev–Trinajstić information content (AvgIpc) is 3.23. The van der Waals surface area contributed by atoms with Gasteiger partial charge in [-0.25, -0.2) is 0 Å². The van der Waals surface area contributed by atoms with Crippen LogP contribution in [0.4, 0.5) is 0 Å². The average molecular weight is 390 g/mol. The van der Waals surface area contributed by atoms with Crippen LogP contribution in [0.2, 0.25) is 0 Å². The Balaban J connectivity index is 1.14. The van der Waals surface area contributed by atoms with Gasteiger partial charge in [-0.05, 0) is 36.1 Å². The fourth-order valence-corrected chi connectivity index (χ4v) is 3.64. The maximum atomic E-state index is 12.1. The molecule has 0 radical (unpaired) electrons. The van der Waals surface area contributed by atoms with Crippen molar-refractivity contribution in [1.29, 1.82) is 0 Å². The second kappa shape index (κ2) is 9.47. The van der Waals surface area contributed by atoms with Crippen LogP contribution >= 0.6 is 0 Å². The first-order chi connectivity index (χ1) is 14.3. The van der Waals surface area contributed by atoms with Gasteiger partial charge in [0.25, 0.3) is 0 Å². The Labute approximate surface area is 170 Å². The Morgan fingerprint density at radius 2 is 1.83 bits per heavy atom. The molecule has 1 amide bonds. The lowest BCUT2D eigenvalue weighted by atomic mass is 10.00. The normalized spacial score (nSPS) is 13.8. The van der Waals surface area contributed by atoms with E-state index in [1.807, 2.05) is 30.3 Å². The number of carbonyl (C=O) groups is 1. The second-order valence-corrected chi connectivity index (χ2v) is 7.37. The van der Waals surface area contributed by atoms with Gasteiger partial charge in [0.1, 0.15) is 0 Å². The Morgan fingerprint density at radius 3 is 2.69 bits per heavy atom. The molecule has 1 aliphatic rings. The molecular weight excluding hydrogens is 364 g/mol. The highest BCUT2D eigenvalue weighted by atomic mass is 16.4. The number of amides is 1. The number of carbonyl (C=O) groups excluding carboxylic acids is 1. The molecule has 6 heteroatoms. The lowest BCUT2D eigenvalue weighted by Gasteiger charge is -2.28. The van der Waals surface area contributed by atoms with E-state index in [1.54, 1.807) is 0 Å². The minimum atomic E-state index is 0.0743. The molecule has 0 bridgehead atoms. The van der Waals surface area contributed by atoms with Gasteiger partial charge in [0.2, 0.25) is 17.7 Å². The quantitative estimate of drug-likeness (QED) is 0.639. The van der Waals surface area contributed by atoms with Gasteiger partial charge in [-0.2, -0.15) is 0 Å². The van der Waals surface area contributed by atoms with Crippen molar-refractivity contribution < 1.29 is 9.21 Å². The number of fused-ring (bicyclic) bond motifs is 1. The van der Waals surface area contributed by atoms with Crippen molar-refractivity contribution in [2.24, 2.45) is 0 Å². The lowest BCUT2D eigenvalue weighted by Crippen LogP contribution is -2.37. The summed E-state index contributed by atoms with van der Waals surface area (Å²) in [6, 6.07) is 18.3. The third-order valence-corrected chi connectivity index (χ3v) is 5.24.